The van der Waals surface area contributed by atoms with E-state index in [0.29, 0.717) is 12.5 Å². The van der Waals surface area contributed by atoms with Gasteiger partial charge < -0.3 is 10.1 Å². The van der Waals surface area contributed by atoms with Crippen LogP contribution < -0.4 is 10.1 Å². The molecule has 1 aliphatic rings. The van der Waals surface area contributed by atoms with Crippen LogP contribution >= 0.6 is 0 Å². The van der Waals surface area contributed by atoms with Gasteiger partial charge >= 0.3 is 6.18 Å². The van der Waals surface area contributed by atoms with Crippen molar-refractivity contribution in [3.8, 4) is 5.75 Å². The van der Waals surface area contributed by atoms with Gasteiger partial charge in [0.2, 0.25) is 0 Å². The average molecular weight is 273 g/mol. The molecular weight excluding hydrogens is 255 g/mol. The van der Waals surface area contributed by atoms with E-state index >= 15 is 0 Å². The Labute approximate surface area is 111 Å². The molecule has 0 amide bonds. The molecule has 0 radical (unpaired) electrons. The first-order chi connectivity index (χ1) is 9.07. The zero-order chi connectivity index (χ0) is 13.7. The zero-order valence-electron chi connectivity index (χ0n) is 10.7. The first-order valence-electron chi connectivity index (χ1n) is 6.57. The van der Waals surface area contributed by atoms with Crippen molar-refractivity contribution in [2.75, 3.05) is 19.7 Å². The minimum atomic E-state index is -4.36. The molecule has 1 aliphatic heterocycles. The van der Waals surface area contributed by atoms with Crippen LogP contribution in [-0.4, -0.2) is 19.7 Å². The molecule has 1 N–H and O–H groups in total. The average Bonchev–Trinajstić information content (AvgIpc) is 2.39. The number of hydrogen-bond acceptors (Lipinski definition) is 2. The van der Waals surface area contributed by atoms with Crippen LogP contribution in [0, 0.1) is 5.92 Å². The van der Waals surface area contributed by atoms with Gasteiger partial charge in [-0.25, -0.2) is 0 Å². The number of para-hydroxylation sites is 1. The third kappa shape index (κ3) is 4.13. The summed E-state index contributed by atoms with van der Waals surface area (Å²) in [5.74, 6) is 0.436. The third-order valence-electron chi connectivity index (χ3n) is 3.38. The lowest BCUT2D eigenvalue weighted by molar-refractivity contribution is -0.139. The Bertz CT molecular complexity index is 400. The molecule has 0 saturated carbocycles. The second-order valence-electron chi connectivity index (χ2n) is 4.84. The molecule has 5 heteroatoms. The molecule has 1 heterocycles. The fourth-order valence-electron chi connectivity index (χ4n) is 2.33. The molecule has 0 aliphatic carbocycles. The molecule has 0 bridgehead atoms. The van der Waals surface area contributed by atoms with Gasteiger partial charge in [0.25, 0.3) is 0 Å². The Morgan fingerprint density at radius 2 is 2.05 bits per heavy atom. The maximum Gasteiger partial charge on any atom is 0.419 e. The first kappa shape index (κ1) is 14.2. The van der Waals surface area contributed by atoms with Gasteiger partial charge in [-0.3, -0.25) is 0 Å². The second kappa shape index (κ2) is 6.28. The standard InChI is InChI=1S/C14H18F3NO/c15-14(16,17)12-5-1-2-6-13(12)19-9-7-11-4-3-8-18-10-11/h1-2,5-6,11,18H,3-4,7-10H2/t11-/m1/s1. The molecule has 0 spiro atoms. The second-order valence-corrected chi connectivity index (χ2v) is 4.84. The topological polar surface area (TPSA) is 21.3 Å². The van der Waals surface area contributed by atoms with Crippen LogP contribution in [-0.2, 0) is 6.18 Å². The molecule has 2 rings (SSSR count). The van der Waals surface area contributed by atoms with Crippen molar-refractivity contribution >= 4 is 0 Å². The number of halogens is 3. The highest BCUT2D eigenvalue weighted by molar-refractivity contribution is 5.35. The van der Waals surface area contributed by atoms with Crippen LogP contribution in [0.4, 0.5) is 13.2 Å². The van der Waals surface area contributed by atoms with Gasteiger partial charge in [0.05, 0.1) is 12.2 Å². The van der Waals surface area contributed by atoms with Crippen molar-refractivity contribution < 1.29 is 17.9 Å². The van der Waals surface area contributed by atoms with Crippen molar-refractivity contribution in [2.45, 2.75) is 25.4 Å². The molecule has 1 saturated heterocycles. The highest BCUT2D eigenvalue weighted by Crippen LogP contribution is 2.36. The number of alkyl halides is 3. The number of hydrogen-bond donors (Lipinski definition) is 1. The lowest BCUT2D eigenvalue weighted by Crippen LogP contribution is -2.30. The largest absolute Gasteiger partial charge is 0.493 e. The van der Waals surface area contributed by atoms with Crippen LogP contribution in [0.2, 0.25) is 0 Å². The van der Waals surface area contributed by atoms with Crippen LogP contribution in [0.3, 0.4) is 0 Å². The molecular formula is C14H18F3NO. The Hall–Kier alpha value is -1.23. The summed E-state index contributed by atoms with van der Waals surface area (Å²) < 4.78 is 43.5. The highest BCUT2D eigenvalue weighted by atomic mass is 19.4. The predicted molar refractivity (Wildman–Crippen MR) is 67.1 cm³/mol. The van der Waals surface area contributed by atoms with Gasteiger partial charge in [-0.15, -0.1) is 0 Å². The van der Waals surface area contributed by atoms with E-state index in [2.05, 4.69) is 5.32 Å². The van der Waals surface area contributed by atoms with Gasteiger partial charge in [0.15, 0.2) is 0 Å². The normalized spacial score (nSPS) is 20.3. The van der Waals surface area contributed by atoms with Gasteiger partial charge in [0, 0.05) is 0 Å². The molecule has 1 aromatic carbocycles. The van der Waals surface area contributed by atoms with Gasteiger partial charge in [-0.2, -0.15) is 13.2 Å². The number of rotatable bonds is 4. The summed E-state index contributed by atoms with van der Waals surface area (Å²) >= 11 is 0. The molecule has 1 atom stereocenters. The molecule has 0 unspecified atom stereocenters. The highest BCUT2D eigenvalue weighted by Gasteiger charge is 2.34. The van der Waals surface area contributed by atoms with E-state index in [4.69, 9.17) is 4.74 Å². The summed E-state index contributed by atoms with van der Waals surface area (Å²) in [5, 5.41) is 3.28. The van der Waals surface area contributed by atoms with Crippen LogP contribution in [0.1, 0.15) is 24.8 Å². The Morgan fingerprint density at radius 3 is 2.74 bits per heavy atom. The summed E-state index contributed by atoms with van der Waals surface area (Å²) in [6.07, 6.45) is -1.32. The van der Waals surface area contributed by atoms with E-state index in [-0.39, 0.29) is 5.75 Å². The van der Waals surface area contributed by atoms with Crippen molar-refractivity contribution in [1.82, 2.24) is 5.32 Å². The molecule has 19 heavy (non-hydrogen) atoms. The summed E-state index contributed by atoms with van der Waals surface area (Å²) in [6, 6.07) is 5.37. The summed E-state index contributed by atoms with van der Waals surface area (Å²) in [7, 11) is 0. The Morgan fingerprint density at radius 1 is 1.26 bits per heavy atom. The lowest BCUT2D eigenvalue weighted by atomic mass is 9.97. The fraction of sp³-hybridized carbons (Fsp3) is 0.571. The molecule has 2 nitrogen and oxygen atoms in total. The van der Waals surface area contributed by atoms with E-state index in [9.17, 15) is 13.2 Å². The maximum absolute atomic E-state index is 12.7. The Kier molecular flexibility index (Phi) is 4.69. The van der Waals surface area contributed by atoms with Crippen LogP contribution in [0.5, 0.6) is 5.75 Å². The minimum absolute atomic E-state index is 0.0706. The summed E-state index contributed by atoms with van der Waals surface area (Å²) in [6.45, 7) is 2.30. The monoisotopic (exact) mass is 273 g/mol. The van der Waals surface area contributed by atoms with E-state index in [1.165, 1.54) is 12.1 Å². The smallest absolute Gasteiger partial charge is 0.419 e. The molecule has 0 aromatic heterocycles. The quantitative estimate of drug-likeness (QED) is 0.907. The Balaban J connectivity index is 1.88. The number of piperidine rings is 1. The van der Waals surface area contributed by atoms with E-state index in [1.807, 2.05) is 0 Å². The van der Waals surface area contributed by atoms with Crippen molar-refractivity contribution in [1.29, 1.82) is 0 Å². The van der Waals surface area contributed by atoms with E-state index in [1.54, 1.807) is 6.07 Å². The van der Waals surface area contributed by atoms with E-state index < -0.39 is 11.7 Å². The third-order valence-corrected chi connectivity index (χ3v) is 3.38. The SMILES string of the molecule is FC(F)(F)c1ccccc1OCC[C@H]1CCCNC1. The van der Waals surface area contributed by atoms with Crippen molar-refractivity contribution in [2.24, 2.45) is 5.92 Å². The van der Waals surface area contributed by atoms with Crippen molar-refractivity contribution in [3.63, 3.8) is 0 Å². The maximum atomic E-state index is 12.7. The molecule has 1 aromatic rings. The van der Waals surface area contributed by atoms with E-state index in [0.717, 1.165) is 38.4 Å². The van der Waals surface area contributed by atoms with Gasteiger partial charge in [-0.05, 0) is 50.4 Å². The molecule has 106 valence electrons. The summed E-state index contributed by atoms with van der Waals surface area (Å²) in [5.41, 5.74) is -0.697. The number of ether oxygens (including phenoxy) is 1. The van der Waals surface area contributed by atoms with Crippen molar-refractivity contribution in [3.05, 3.63) is 29.8 Å². The predicted octanol–water partition coefficient (Wildman–Crippen LogP) is 3.47. The van der Waals surface area contributed by atoms with Gasteiger partial charge in [0.1, 0.15) is 5.75 Å². The zero-order valence-corrected chi connectivity index (χ0v) is 10.7. The number of benzene rings is 1. The number of nitrogens with one attached hydrogen (secondary N) is 1. The van der Waals surface area contributed by atoms with Crippen LogP contribution in [0.15, 0.2) is 24.3 Å². The van der Waals surface area contributed by atoms with Crippen LogP contribution in [0.25, 0.3) is 0 Å². The minimum Gasteiger partial charge on any atom is -0.493 e. The molecule has 1 fully saturated rings. The summed E-state index contributed by atoms with van der Waals surface area (Å²) in [4.78, 5) is 0. The fourth-order valence-corrected chi connectivity index (χ4v) is 2.33. The van der Waals surface area contributed by atoms with Gasteiger partial charge in [-0.1, -0.05) is 12.1 Å². The lowest BCUT2D eigenvalue weighted by Gasteiger charge is -2.23. The first-order valence-corrected chi connectivity index (χ1v) is 6.57.